The first-order valence-electron chi connectivity index (χ1n) is 5.58. The van der Waals surface area contributed by atoms with E-state index in [-0.39, 0.29) is 11.9 Å². The summed E-state index contributed by atoms with van der Waals surface area (Å²) in [5.41, 5.74) is 7.84. The quantitative estimate of drug-likeness (QED) is 0.800. The summed E-state index contributed by atoms with van der Waals surface area (Å²) in [5, 5.41) is 2.85. The van der Waals surface area contributed by atoms with Crippen molar-refractivity contribution >= 4 is 11.6 Å². The number of nitrogens with zero attached hydrogens (tertiary/aromatic N) is 2. The Morgan fingerprint density at radius 2 is 1.94 bits per heavy atom. The second-order valence-corrected chi connectivity index (χ2v) is 3.95. The molecule has 1 atom stereocenters. The molecule has 0 aliphatic rings. The maximum absolute atomic E-state index is 11.9. The van der Waals surface area contributed by atoms with Crippen LogP contribution in [-0.2, 0) is 0 Å². The highest BCUT2D eigenvalue weighted by atomic mass is 16.1. The lowest BCUT2D eigenvalue weighted by Gasteiger charge is -2.15. The number of anilines is 1. The second kappa shape index (κ2) is 5.27. The zero-order valence-electron chi connectivity index (χ0n) is 10.00. The number of carbonyl (C=O) groups excluding carboxylic acids is 1. The third-order valence-electron chi connectivity index (χ3n) is 2.63. The number of hydrogen-bond acceptors (Lipinski definition) is 4. The van der Waals surface area contributed by atoms with E-state index < -0.39 is 0 Å². The minimum Gasteiger partial charge on any atom is -0.398 e. The Morgan fingerprint density at radius 1 is 1.28 bits per heavy atom. The van der Waals surface area contributed by atoms with Gasteiger partial charge in [-0.1, -0.05) is 18.2 Å². The fourth-order valence-electron chi connectivity index (χ4n) is 1.68. The summed E-state index contributed by atoms with van der Waals surface area (Å²) in [5.74, 6) is -0.216. The topological polar surface area (TPSA) is 80.9 Å². The molecule has 1 unspecified atom stereocenters. The lowest BCUT2D eigenvalue weighted by molar-refractivity contribution is 0.0939. The Bertz CT molecular complexity index is 542. The summed E-state index contributed by atoms with van der Waals surface area (Å²) < 4.78 is 0. The van der Waals surface area contributed by atoms with Crippen LogP contribution in [0.4, 0.5) is 5.69 Å². The van der Waals surface area contributed by atoms with Crippen LogP contribution in [0.15, 0.2) is 43.0 Å². The van der Waals surface area contributed by atoms with Crippen molar-refractivity contribution in [1.29, 1.82) is 0 Å². The molecular weight excluding hydrogens is 228 g/mol. The number of carbonyl (C=O) groups is 1. The van der Waals surface area contributed by atoms with E-state index in [1.807, 2.05) is 31.2 Å². The van der Waals surface area contributed by atoms with Crippen molar-refractivity contribution < 1.29 is 4.79 Å². The van der Waals surface area contributed by atoms with E-state index >= 15 is 0 Å². The molecule has 0 radical (unpaired) electrons. The molecule has 1 aromatic heterocycles. The van der Waals surface area contributed by atoms with Gasteiger partial charge in [-0.3, -0.25) is 4.79 Å². The van der Waals surface area contributed by atoms with Crippen LogP contribution < -0.4 is 11.1 Å². The van der Waals surface area contributed by atoms with Crippen LogP contribution in [0.3, 0.4) is 0 Å². The van der Waals surface area contributed by atoms with Gasteiger partial charge >= 0.3 is 0 Å². The second-order valence-electron chi connectivity index (χ2n) is 3.95. The molecule has 0 saturated heterocycles. The molecule has 0 spiro atoms. The molecule has 1 aromatic carbocycles. The van der Waals surface area contributed by atoms with Crippen molar-refractivity contribution in [3.8, 4) is 0 Å². The van der Waals surface area contributed by atoms with Gasteiger partial charge in [-0.25, -0.2) is 9.97 Å². The minimum absolute atomic E-state index is 0.168. The summed E-state index contributed by atoms with van der Waals surface area (Å²) in [6.45, 7) is 1.88. The van der Waals surface area contributed by atoms with Crippen molar-refractivity contribution in [3.05, 3.63) is 54.1 Å². The lowest BCUT2D eigenvalue weighted by Crippen LogP contribution is -2.27. The number of nitrogens with two attached hydrogens (primary N) is 1. The zero-order chi connectivity index (χ0) is 13.0. The van der Waals surface area contributed by atoms with Crippen molar-refractivity contribution in [3.63, 3.8) is 0 Å². The van der Waals surface area contributed by atoms with Gasteiger partial charge in [0.15, 0.2) is 0 Å². The maximum atomic E-state index is 11.9. The summed E-state index contributed by atoms with van der Waals surface area (Å²) in [6.07, 6.45) is 4.34. The first-order chi connectivity index (χ1) is 8.68. The number of nitrogens with one attached hydrogen (secondary N) is 1. The number of aromatic nitrogens is 2. The van der Waals surface area contributed by atoms with Gasteiger partial charge in [0.25, 0.3) is 5.91 Å². The number of nitrogen functional groups attached to an aromatic ring is 1. The van der Waals surface area contributed by atoms with E-state index in [2.05, 4.69) is 15.3 Å². The van der Waals surface area contributed by atoms with Crippen LogP contribution in [0.1, 0.15) is 28.9 Å². The number of hydrogen-bond donors (Lipinski definition) is 2. The lowest BCUT2D eigenvalue weighted by atomic mass is 10.1. The monoisotopic (exact) mass is 242 g/mol. The number of benzene rings is 1. The average molecular weight is 242 g/mol. The maximum Gasteiger partial charge on any atom is 0.254 e. The van der Waals surface area contributed by atoms with Crippen molar-refractivity contribution in [1.82, 2.24) is 15.3 Å². The Kier molecular flexibility index (Phi) is 3.52. The van der Waals surface area contributed by atoms with E-state index in [0.29, 0.717) is 11.3 Å². The van der Waals surface area contributed by atoms with Gasteiger partial charge in [-0.15, -0.1) is 0 Å². The summed E-state index contributed by atoms with van der Waals surface area (Å²) >= 11 is 0. The standard InChI is InChI=1S/C13H14N4O/c1-9(11-4-2-3-5-12(11)14)17-13(18)10-6-15-8-16-7-10/h2-9H,14H2,1H3,(H,17,18). The Morgan fingerprint density at radius 3 is 2.61 bits per heavy atom. The molecule has 0 bridgehead atoms. The van der Waals surface area contributed by atoms with E-state index in [1.165, 1.54) is 18.7 Å². The highest BCUT2D eigenvalue weighted by Crippen LogP contribution is 2.19. The summed E-state index contributed by atoms with van der Waals surface area (Å²) in [7, 11) is 0. The summed E-state index contributed by atoms with van der Waals surface area (Å²) in [6, 6.07) is 7.28. The van der Waals surface area contributed by atoms with Gasteiger partial charge in [0.1, 0.15) is 6.33 Å². The van der Waals surface area contributed by atoms with Crippen LogP contribution in [-0.4, -0.2) is 15.9 Å². The summed E-state index contributed by atoms with van der Waals surface area (Å²) in [4.78, 5) is 19.5. The normalized spacial score (nSPS) is 11.8. The number of amides is 1. The van der Waals surface area contributed by atoms with Gasteiger partial charge in [0.05, 0.1) is 11.6 Å². The van der Waals surface area contributed by atoms with Crippen molar-refractivity contribution in [2.45, 2.75) is 13.0 Å². The SMILES string of the molecule is CC(NC(=O)c1cncnc1)c1ccccc1N. The van der Waals surface area contributed by atoms with Gasteiger partial charge in [-0.2, -0.15) is 0 Å². The predicted molar refractivity (Wildman–Crippen MR) is 68.8 cm³/mol. The fourth-order valence-corrected chi connectivity index (χ4v) is 1.68. The molecule has 0 aliphatic heterocycles. The van der Waals surface area contributed by atoms with E-state index in [4.69, 9.17) is 5.73 Å². The Hall–Kier alpha value is -2.43. The van der Waals surface area contributed by atoms with E-state index in [9.17, 15) is 4.79 Å². The molecule has 5 nitrogen and oxygen atoms in total. The minimum atomic E-state index is -0.216. The van der Waals surface area contributed by atoms with Crippen LogP contribution in [0, 0.1) is 0 Å². The van der Waals surface area contributed by atoms with Crippen LogP contribution in [0.5, 0.6) is 0 Å². The molecule has 3 N–H and O–H groups in total. The predicted octanol–water partition coefficient (Wildman–Crippen LogP) is 1.55. The van der Waals surface area contributed by atoms with Crippen LogP contribution in [0.25, 0.3) is 0 Å². The molecule has 0 saturated carbocycles. The first-order valence-corrected chi connectivity index (χ1v) is 5.58. The van der Waals surface area contributed by atoms with Crippen molar-refractivity contribution in [2.75, 3.05) is 5.73 Å². The van der Waals surface area contributed by atoms with Gasteiger partial charge in [-0.05, 0) is 18.6 Å². The average Bonchev–Trinajstić information content (AvgIpc) is 2.40. The molecule has 5 heteroatoms. The van der Waals surface area contributed by atoms with Crippen LogP contribution in [0.2, 0.25) is 0 Å². The first kappa shape index (κ1) is 12.0. The van der Waals surface area contributed by atoms with E-state index in [1.54, 1.807) is 0 Å². The number of para-hydroxylation sites is 1. The fraction of sp³-hybridized carbons (Fsp3) is 0.154. The molecule has 1 amide bonds. The van der Waals surface area contributed by atoms with Crippen molar-refractivity contribution in [2.24, 2.45) is 0 Å². The Labute approximate surface area is 105 Å². The molecular formula is C13H14N4O. The third kappa shape index (κ3) is 2.63. The molecule has 2 aromatic rings. The van der Waals surface area contributed by atoms with Gasteiger partial charge in [0.2, 0.25) is 0 Å². The highest BCUT2D eigenvalue weighted by molar-refractivity contribution is 5.93. The molecule has 18 heavy (non-hydrogen) atoms. The van der Waals surface area contributed by atoms with Gasteiger partial charge < -0.3 is 11.1 Å². The molecule has 2 rings (SSSR count). The molecule has 0 fully saturated rings. The Balaban J connectivity index is 2.11. The van der Waals surface area contributed by atoms with Crippen LogP contribution >= 0.6 is 0 Å². The molecule has 1 heterocycles. The highest BCUT2D eigenvalue weighted by Gasteiger charge is 2.13. The molecule has 0 aliphatic carbocycles. The largest absolute Gasteiger partial charge is 0.398 e. The smallest absolute Gasteiger partial charge is 0.254 e. The number of rotatable bonds is 3. The molecule has 92 valence electrons. The van der Waals surface area contributed by atoms with Gasteiger partial charge in [0, 0.05) is 18.1 Å². The zero-order valence-corrected chi connectivity index (χ0v) is 10.00. The van der Waals surface area contributed by atoms with E-state index in [0.717, 1.165) is 5.56 Å². The third-order valence-corrected chi connectivity index (χ3v) is 2.63.